The van der Waals surface area contributed by atoms with Crippen LogP contribution in [0, 0.1) is 40.4 Å². The van der Waals surface area contributed by atoms with E-state index in [1.54, 1.807) is 0 Å². The molecule has 0 aliphatic heterocycles. The monoisotopic (exact) mass is 383 g/mol. The fourth-order valence-electron chi connectivity index (χ4n) is 0. The van der Waals surface area contributed by atoms with Crippen LogP contribution < -0.4 is 15.3 Å². The van der Waals surface area contributed by atoms with Crippen LogP contribution in [0.5, 0.6) is 0 Å². The van der Waals surface area contributed by atoms with Crippen molar-refractivity contribution in [1.29, 1.82) is 0 Å². The first-order chi connectivity index (χ1) is 6.81. The molecule has 0 aromatic rings. The zero-order valence-corrected chi connectivity index (χ0v) is 10.2. The Bertz CT molecular complexity index is 167. The summed E-state index contributed by atoms with van der Waals surface area (Å²) in [5.74, 6) is -4.99. The Balaban J connectivity index is -0.0000000655. The van der Waals surface area contributed by atoms with E-state index >= 15 is 0 Å². The van der Waals surface area contributed by atoms with E-state index in [1.165, 1.54) is 0 Å². The van der Waals surface area contributed by atoms with Crippen LogP contribution in [0.15, 0.2) is 0 Å². The second kappa shape index (κ2) is 20.0. The van der Waals surface area contributed by atoms with Gasteiger partial charge in [-0.3, -0.25) is 0 Å². The number of alkyl halides is 3. The summed E-state index contributed by atoms with van der Waals surface area (Å²) in [7, 11) is 0. The van der Waals surface area contributed by atoms with E-state index in [9.17, 15) is 13.2 Å². The first-order valence-electron chi connectivity index (χ1n) is 3.09. The number of halogens is 3. The summed E-state index contributed by atoms with van der Waals surface area (Å²) >= 11 is 0. The molecule has 0 heterocycles. The molecule has 1 radical (unpaired) electrons. The zero-order chi connectivity index (χ0) is 12.9. The SMILES string of the molecule is O=C([O-])CF.O=C([O-])CF.O=C([O-])CF.[Sm+3]. The van der Waals surface area contributed by atoms with Crippen molar-refractivity contribution in [2.75, 3.05) is 20.0 Å². The molecule has 16 heavy (non-hydrogen) atoms. The third-order valence-corrected chi connectivity index (χ3v) is 0.327. The van der Waals surface area contributed by atoms with Gasteiger partial charge in [0, 0.05) is 0 Å². The standard InChI is InChI=1S/3C2H3FO2.Sm/c3*3-1-2(4)5;/h3*1H2,(H,4,5);/q;;;+3/p-3. The van der Waals surface area contributed by atoms with E-state index in [1.807, 2.05) is 0 Å². The minimum absolute atomic E-state index is 0. The number of aliphatic carboxylic acids is 3. The number of carbonyl (C=O) groups excluding carboxylic acids is 3. The van der Waals surface area contributed by atoms with Gasteiger partial charge in [0.25, 0.3) is 0 Å². The number of carboxylic acids is 3. The van der Waals surface area contributed by atoms with Crippen LogP contribution in [0.25, 0.3) is 0 Å². The fourth-order valence-corrected chi connectivity index (χ4v) is 0. The minimum Gasteiger partial charge on any atom is -0.547 e. The molecule has 0 aliphatic carbocycles. The number of carboxylic acid groups (broad SMARTS) is 3. The van der Waals surface area contributed by atoms with Gasteiger partial charge in [0.15, 0.2) is 0 Å². The molecule has 0 unspecified atom stereocenters. The predicted octanol–water partition coefficient (Wildman–Crippen LogP) is -3.88. The van der Waals surface area contributed by atoms with Crippen molar-refractivity contribution in [3.8, 4) is 0 Å². The van der Waals surface area contributed by atoms with Crippen LogP contribution in [0.3, 0.4) is 0 Å². The Labute approximate surface area is 121 Å². The van der Waals surface area contributed by atoms with Crippen LogP contribution in [0.2, 0.25) is 0 Å². The summed E-state index contributed by atoms with van der Waals surface area (Å²) in [6, 6.07) is 0. The first kappa shape index (κ1) is 24.7. The topological polar surface area (TPSA) is 120 Å². The molecule has 0 saturated carbocycles. The average Bonchev–Trinajstić information content (AvgIpc) is 2.19. The average molecular weight is 381 g/mol. The van der Waals surface area contributed by atoms with E-state index in [4.69, 9.17) is 29.7 Å². The summed E-state index contributed by atoms with van der Waals surface area (Å²) in [6.07, 6.45) is 0. The molecular weight excluding hydrogens is 375 g/mol. The molecule has 6 nitrogen and oxygen atoms in total. The Morgan fingerprint density at radius 1 is 0.688 bits per heavy atom. The molecule has 0 rings (SSSR count). The van der Waals surface area contributed by atoms with Crippen molar-refractivity contribution in [3.05, 3.63) is 0 Å². The van der Waals surface area contributed by atoms with Crippen LogP contribution in [0.1, 0.15) is 0 Å². The van der Waals surface area contributed by atoms with Gasteiger partial charge in [0.05, 0.1) is 17.9 Å². The molecule has 0 aromatic heterocycles. The van der Waals surface area contributed by atoms with E-state index < -0.39 is 37.9 Å². The Hall–Kier alpha value is -0.462. The largest absolute Gasteiger partial charge is 3.00 e. The van der Waals surface area contributed by atoms with Gasteiger partial charge in [-0.2, -0.15) is 0 Å². The number of carbonyl (C=O) groups is 3. The van der Waals surface area contributed by atoms with Crippen LogP contribution in [-0.4, -0.2) is 37.9 Å². The summed E-state index contributed by atoms with van der Waals surface area (Å²) in [6.45, 7) is -4.17. The molecule has 0 spiro atoms. The summed E-state index contributed by atoms with van der Waals surface area (Å²) in [4.78, 5) is 26.6. The van der Waals surface area contributed by atoms with Gasteiger partial charge in [-0.1, -0.05) is 0 Å². The van der Waals surface area contributed by atoms with Crippen molar-refractivity contribution in [1.82, 2.24) is 0 Å². The Kier molecular flexibility index (Phi) is 30.9. The molecule has 0 N–H and O–H groups in total. The number of rotatable bonds is 3. The molecule has 0 aromatic carbocycles. The summed E-state index contributed by atoms with van der Waals surface area (Å²) in [5, 5.41) is 26.6. The van der Waals surface area contributed by atoms with Crippen molar-refractivity contribution in [2.24, 2.45) is 0 Å². The third kappa shape index (κ3) is 69.4. The van der Waals surface area contributed by atoms with E-state index in [2.05, 4.69) is 0 Å². The number of hydrogen-bond acceptors (Lipinski definition) is 6. The molecule has 0 atom stereocenters. The third-order valence-electron chi connectivity index (χ3n) is 0.327. The summed E-state index contributed by atoms with van der Waals surface area (Å²) < 4.78 is 31.4. The molecular formula is C6H6F3O6Sm. The maximum absolute atomic E-state index is 10.5. The molecule has 0 bridgehead atoms. The predicted molar refractivity (Wildman–Crippen MR) is 32.9 cm³/mol. The second-order valence-electron chi connectivity index (χ2n) is 1.52. The Morgan fingerprint density at radius 2 is 0.750 bits per heavy atom. The smallest absolute Gasteiger partial charge is 0.547 e. The number of hydrogen-bond donors (Lipinski definition) is 0. The van der Waals surface area contributed by atoms with Crippen molar-refractivity contribution in [3.63, 3.8) is 0 Å². The first-order valence-corrected chi connectivity index (χ1v) is 3.09. The van der Waals surface area contributed by atoms with Gasteiger partial charge in [0.1, 0.15) is 20.0 Å². The fraction of sp³-hybridized carbons (Fsp3) is 0.500. The van der Waals surface area contributed by atoms with Crippen LogP contribution in [-0.2, 0) is 14.4 Å². The quantitative estimate of drug-likeness (QED) is 0.493. The zero-order valence-electron chi connectivity index (χ0n) is 7.61. The van der Waals surface area contributed by atoms with Gasteiger partial charge < -0.3 is 29.7 Å². The molecule has 0 aliphatic rings. The minimum atomic E-state index is -1.66. The van der Waals surface area contributed by atoms with Gasteiger partial charge in [-0.25, -0.2) is 13.2 Å². The maximum atomic E-state index is 10.5. The summed E-state index contributed by atoms with van der Waals surface area (Å²) in [5.41, 5.74) is 0. The Morgan fingerprint density at radius 3 is 0.750 bits per heavy atom. The van der Waals surface area contributed by atoms with Crippen molar-refractivity contribution >= 4 is 17.9 Å². The van der Waals surface area contributed by atoms with Gasteiger partial charge >= 0.3 is 40.4 Å². The second-order valence-corrected chi connectivity index (χ2v) is 1.52. The molecule has 0 saturated heterocycles. The molecule has 0 amide bonds. The van der Waals surface area contributed by atoms with Gasteiger partial charge in [0.2, 0.25) is 0 Å². The van der Waals surface area contributed by atoms with Crippen molar-refractivity contribution < 1.29 is 83.3 Å². The van der Waals surface area contributed by atoms with E-state index in [0.717, 1.165) is 0 Å². The molecule has 93 valence electrons. The van der Waals surface area contributed by atoms with Gasteiger partial charge in [-0.15, -0.1) is 0 Å². The molecule has 10 heteroatoms. The van der Waals surface area contributed by atoms with E-state index in [0.29, 0.717) is 0 Å². The van der Waals surface area contributed by atoms with Crippen LogP contribution >= 0.6 is 0 Å². The van der Waals surface area contributed by atoms with Gasteiger partial charge in [-0.05, 0) is 0 Å². The van der Waals surface area contributed by atoms with Crippen LogP contribution in [0.4, 0.5) is 13.2 Å². The maximum Gasteiger partial charge on any atom is 3.00 e. The molecule has 0 fully saturated rings. The normalized spacial score (nSPS) is 6.94. The van der Waals surface area contributed by atoms with Crippen molar-refractivity contribution in [2.45, 2.75) is 0 Å². The van der Waals surface area contributed by atoms with E-state index in [-0.39, 0.29) is 40.4 Å².